The number of fused-ring (bicyclic) bond motifs is 1. The molecule has 0 saturated heterocycles. The summed E-state index contributed by atoms with van der Waals surface area (Å²) in [5.74, 6) is 0.976. The Morgan fingerprint density at radius 2 is 1.88 bits per heavy atom. The minimum Gasteiger partial charge on any atom is -0.350 e. The first-order valence-corrected chi connectivity index (χ1v) is 12.0. The molecule has 178 valence electrons. The second-order valence-electron chi connectivity index (χ2n) is 7.99. The van der Waals surface area contributed by atoms with Gasteiger partial charge in [-0.25, -0.2) is 9.67 Å². The average molecular weight is 488 g/mol. The van der Waals surface area contributed by atoms with Crippen molar-refractivity contribution in [2.75, 3.05) is 6.26 Å². The van der Waals surface area contributed by atoms with E-state index in [9.17, 15) is 18.0 Å². The first-order valence-electron chi connectivity index (χ1n) is 10.6. The number of amides is 1. The van der Waals surface area contributed by atoms with Crippen molar-refractivity contribution in [3.63, 3.8) is 0 Å². The molecule has 0 aliphatic rings. The number of nitrogens with zero attached hydrogens (tertiary/aromatic N) is 4. The van der Waals surface area contributed by atoms with Crippen LogP contribution in [0.25, 0.3) is 16.7 Å². The smallest absolute Gasteiger partial charge is 0.350 e. The summed E-state index contributed by atoms with van der Waals surface area (Å²) in [5.41, 5.74) is 2.56. The summed E-state index contributed by atoms with van der Waals surface area (Å²) in [6, 6.07) is 13.3. The quantitative estimate of drug-likeness (QED) is 0.397. The molecule has 6 nitrogen and oxygen atoms in total. The fraction of sp³-hybridized carbons (Fsp3) is 0.292. The van der Waals surface area contributed by atoms with Gasteiger partial charge in [0.15, 0.2) is 0 Å². The third-order valence-corrected chi connectivity index (χ3v) is 5.98. The molecule has 4 rings (SSSR count). The van der Waals surface area contributed by atoms with Crippen LogP contribution >= 0.6 is 11.8 Å². The lowest BCUT2D eigenvalue weighted by molar-refractivity contribution is -0.138. The van der Waals surface area contributed by atoms with Crippen molar-refractivity contribution in [2.45, 2.75) is 38.9 Å². The molecule has 1 amide bonds. The highest BCUT2D eigenvalue weighted by atomic mass is 32.2. The molecule has 0 fully saturated rings. The van der Waals surface area contributed by atoms with Crippen LogP contribution in [0.1, 0.15) is 28.3 Å². The Balaban J connectivity index is 1.55. The van der Waals surface area contributed by atoms with Crippen LogP contribution < -0.4 is 5.32 Å². The molecule has 0 radical (unpaired) electrons. The van der Waals surface area contributed by atoms with Gasteiger partial charge in [-0.05, 0) is 56.0 Å². The lowest BCUT2D eigenvalue weighted by Gasteiger charge is -2.16. The maximum Gasteiger partial charge on any atom is 0.416 e. The molecule has 34 heavy (non-hydrogen) atoms. The molecule has 0 bridgehead atoms. The highest BCUT2D eigenvalue weighted by Crippen LogP contribution is 2.33. The summed E-state index contributed by atoms with van der Waals surface area (Å²) in [6.45, 7) is 3.30. The molecule has 10 heteroatoms. The van der Waals surface area contributed by atoms with Crippen LogP contribution in [0.2, 0.25) is 0 Å². The van der Waals surface area contributed by atoms with E-state index in [1.165, 1.54) is 10.7 Å². The summed E-state index contributed by atoms with van der Waals surface area (Å²) in [5, 5.41) is 6.91. The number of halogens is 3. The molecule has 0 aliphatic carbocycles. The molecule has 1 N–H and O–H groups in total. The molecular weight excluding hydrogens is 463 g/mol. The molecule has 2 aromatic carbocycles. The van der Waals surface area contributed by atoms with Crippen LogP contribution in [0.5, 0.6) is 0 Å². The Labute approximate surface area is 199 Å². The number of hydrogen-bond acceptors (Lipinski definition) is 4. The van der Waals surface area contributed by atoms with Crippen molar-refractivity contribution in [3.05, 3.63) is 76.9 Å². The van der Waals surface area contributed by atoms with Gasteiger partial charge in [-0.1, -0.05) is 18.2 Å². The summed E-state index contributed by atoms with van der Waals surface area (Å²) in [4.78, 5) is 17.3. The highest BCUT2D eigenvalue weighted by molar-refractivity contribution is 7.97. The molecule has 0 saturated carbocycles. The predicted molar refractivity (Wildman–Crippen MR) is 127 cm³/mol. The van der Waals surface area contributed by atoms with Crippen LogP contribution in [0.15, 0.2) is 48.5 Å². The van der Waals surface area contributed by atoms with Crippen molar-refractivity contribution in [1.82, 2.24) is 24.6 Å². The largest absolute Gasteiger partial charge is 0.416 e. The van der Waals surface area contributed by atoms with E-state index < -0.39 is 11.7 Å². The van der Waals surface area contributed by atoms with E-state index in [2.05, 4.69) is 15.4 Å². The van der Waals surface area contributed by atoms with Crippen LogP contribution in [-0.4, -0.2) is 31.5 Å². The molecular formula is C24H24F3N5OS. The number of benzene rings is 2. The first-order chi connectivity index (χ1) is 16.2. The number of carbonyl (C=O) groups excluding carboxylic acids is 1. The number of rotatable bonds is 7. The van der Waals surface area contributed by atoms with Crippen LogP contribution in [0.3, 0.4) is 0 Å². The topological polar surface area (TPSA) is 64.7 Å². The van der Waals surface area contributed by atoms with Gasteiger partial charge in [0.2, 0.25) is 5.91 Å². The standard InChI is InChI=1S/C24H24F3N5OS/c1-15-10-16(2)32(30-15)18-9-8-17(19(11-18)24(25,26)27)12-28-23(33)13-31-21-7-5-4-6-20(21)29-22(31)14-34-3/h4-11H,12-14H2,1-3H3,(H,28,33). The van der Waals surface area contributed by atoms with Crippen LogP contribution in [0.4, 0.5) is 13.2 Å². The minimum atomic E-state index is -4.57. The van der Waals surface area contributed by atoms with Gasteiger partial charge in [-0.2, -0.15) is 30.0 Å². The Bertz CT molecular complexity index is 1340. The Morgan fingerprint density at radius 3 is 2.56 bits per heavy atom. The van der Waals surface area contributed by atoms with Gasteiger partial charge in [0, 0.05) is 12.2 Å². The lowest BCUT2D eigenvalue weighted by Crippen LogP contribution is -2.28. The number of carbonyl (C=O) groups is 1. The average Bonchev–Trinajstić information content (AvgIpc) is 3.30. The number of hydrogen-bond donors (Lipinski definition) is 1. The molecule has 0 atom stereocenters. The summed E-state index contributed by atoms with van der Waals surface area (Å²) >= 11 is 1.58. The second kappa shape index (κ2) is 9.54. The van der Waals surface area contributed by atoms with Crippen LogP contribution in [0, 0.1) is 13.8 Å². The van der Waals surface area contributed by atoms with E-state index >= 15 is 0 Å². The number of aryl methyl sites for hydroxylation is 2. The van der Waals surface area contributed by atoms with Crippen molar-refractivity contribution in [3.8, 4) is 5.69 Å². The number of aromatic nitrogens is 4. The zero-order valence-electron chi connectivity index (χ0n) is 19.0. The van der Waals surface area contributed by atoms with Gasteiger partial charge in [-0.15, -0.1) is 0 Å². The highest BCUT2D eigenvalue weighted by Gasteiger charge is 2.34. The van der Waals surface area contributed by atoms with Crippen molar-refractivity contribution in [1.29, 1.82) is 0 Å². The van der Waals surface area contributed by atoms with Crippen molar-refractivity contribution >= 4 is 28.7 Å². The van der Waals surface area contributed by atoms with E-state index in [-0.39, 0.29) is 24.6 Å². The van der Waals surface area contributed by atoms with Gasteiger partial charge < -0.3 is 9.88 Å². The molecule has 0 unspecified atom stereocenters. The second-order valence-corrected chi connectivity index (χ2v) is 8.86. The Kier molecular flexibility index (Phi) is 6.70. The van der Waals surface area contributed by atoms with Gasteiger partial charge in [0.25, 0.3) is 0 Å². The molecule has 0 aliphatic heterocycles. The molecule has 4 aromatic rings. The van der Waals surface area contributed by atoms with Gasteiger partial charge in [0.05, 0.1) is 33.7 Å². The maximum atomic E-state index is 13.8. The maximum absolute atomic E-state index is 13.8. The van der Waals surface area contributed by atoms with Gasteiger partial charge in [-0.3, -0.25) is 4.79 Å². The number of thioether (sulfide) groups is 1. The molecule has 2 aromatic heterocycles. The molecule has 2 heterocycles. The third-order valence-electron chi connectivity index (χ3n) is 5.44. The Hall–Kier alpha value is -3.27. The Morgan fingerprint density at radius 1 is 1.12 bits per heavy atom. The summed E-state index contributed by atoms with van der Waals surface area (Å²) in [6.07, 6.45) is -2.63. The van der Waals surface area contributed by atoms with E-state index in [0.29, 0.717) is 11.4 Å². The lowest BCUT2D eigenvalue weighted by atomic mass is 10.1. The third kappa shape index (κ3) is 4.96. The van der Waals surface area contributed by atoms with E-state index in [1.807, 2.05) is 30.5 Å². The van der Waals surface area contributed by atoms with E-state index in [0.717, 1.165) is 34.3 Å². The first kappa shape index (κ1) is 23.9. The zero-order chi connectivity index (χ0) is 24.5. The van der Waals surface area contributed by atoms with E-state index in [4.69, 9.17) is 0 Å². The number of para-hydroxylation sites is 2. The van der Waals surface area contributed by atoms with Gasteiger partial charge >= 0.3 is 6.18 Å². The number of alkyl halides is 3. The van der Waals surface area contributed by atoms with Crippen molar-refractivity contribution in [2.24, 2.45) is 0 Å². The van der Waals surface area contributed by atoms with Crippen molar-refractivity contribution < 1.29 is 18.0 Å². The predicted octanol–water partition coefficient (Wildman–Crippen LogP) is 5.04. The minimum absolute atomic E-state index is 0.00837. The SMILES string of the molecule is CSCc1nc2ccccc2n1CC(=O)NCc1ccc(-n2nc(C)cc2C)cc1C(F)(F)F. The number of imidazole rings is 1. The summed E-state index contributed by atoms with van der Waals surface area (Å²) < 4.78 is 44.8. The van der Waals surface area contributed by atoms with E-state index in [1.54, 1.807) is 42.3 Å². The molecule has 0 spiro atoms. The van der Waals surface area contributed by atoms with Gasteiger partial charge in [0.1, 0.15) is 12.4 Å². The fourth-order valence-corrected chi connectivity index (χ4v) is 4.42. The zero-order valence-corrected chi connectivity index (χ0v) is 19.8. The number of nitrogens with one attached hydrogen (secondary N) is 1. The normalized spacial score (nSPS) is 11.8. The summed E-state index contributed by atoms with van der Waals surface area (Å²) in [7, 11) is 0. The monoisotopic (exact) mass is 487 g/mol. The fourth-order valence-electron chi connectivity index (χ4n) is 3.94. The van der Waals surface area contributed by atoms with Crippen LogP contribution in [-0.2, 0) is 29.8 Å².